The summed E-state index contributed by atoms with van der Waals surface area (Å²) in [6.07, 6.45) is -0.0898. The zero-order valence-corrected chi connectivity index (χ0v) is 11.0. The quantitative estimate of drug-likeness (QED) is 0.850. The van der Waals surface area contributed by atoms with Gasteiger partial charge in [0.1, 0.15) is 5.75 Å². The van der Waals surface area contributed by atoms with Gasteiger partial charge in [-0.25, -0.2) is 4.79 Å². The molecule has 6 heteroatoms. The van der Waals surface area contributed by atoms with Crippen LogP contribution in [0.5, 0.6) is 5.75 Å². The third-order valence-corrected chi connectivity index (χ3v) is 2.75. The highest BCUT2D eigenvalue weighted by Gasteiger charge is 2.18. The lowest BCUT2D eigenvalue weighted by atomic mass is 10.3. The second kappa shape index (κ2) is 6.63. The van der Waals surface area contributed by atoms with E-state index in [1.807, 2.05) is 0 Å². The number of aromatic hydroxyl groups is 1. The van der Waals surface area contributed by atoms with E-state index in [2.05, 4.69) is 0 Å². The fourth-order valence-electron chi connectivity index (χ4n) is 1.64. The number of hydrogen-bond donors (Lipinski definition) is 2. The molecule has 0 atom stereocenters. The standard InChI is InChI=1S/C13H18N2O4/c1-3-15(8-7-12(17)18)13(19)14(2)10-5-4-6-11(16)9-10/h4-6,9,16H,3,7-8H2,1-2H3,(H,17,18). The minimum atomic E-state index is -0.939. The molecule has 0 aliphatic carbocycles. The van der Waals surface area contributed by atoms with Gasteiger partial charge in [0.05, 0.1) is 6.42 Å². The summed E-state index contributed by atoms with van der Waals surface area (Å²) in [6.45, 7) is 2.37. The van der Waals surface area contributed by atoms with Gasteiger partial charge in [0.2, 0.25) is 0 Å². The Morgan fingerprint density at radius 3 is 2.53 bits per heavy atom. The van der Waals surface area contributed by atoms with Crippen LogP contribution in [0.4, 0.5) is 10.5 Å². The van der Waals surface area contributed by atoms with E-state index in [1.165, 1.54) is 21.9 Å². The fraction of sp³-hybridized carbons (Fsp3) is 0.385. The number of rotatable bonds is 5. The zero-order chi connectivity index (χ0) is 14.4. The van der Waals surface area contributed by atoms with Crippen LogP contribution in [0.3, 0.4) is 0 Å². The van der Waals surface area contributed by atoms with E-state index in [-0.39, 0.29) is 24.7 Å². The molecule has 0 heterocycles. The summed E-state index contributed by atoms with van der Waals surface area (Å²) in [5.74, 6) is -0.864. The maximum Gasteiger partial charge on any atom is 0.324 e. The highest BCUT2D eigenvalue weighted by molar-refractivity contribution is 5.91. The largest absolute Gasteiger partial charge is 0.508 e. The molecule has 0 bridgehead atoms. The van der Waals surface area contributed by atoms with Crippen molar-refractivity contribution in [2.75, 3.05) is 25.0 Å². The molecule has 0 fully saturated rings. The molecule has 19 heavy (non-hydrogen) atoms. The van der Waals surface area contributed by atoms with Gasteiger partial charge < -0.3 is 15.1 Å². The van der Waals surface area contributed by atoms with Crippen LogP contribution in [0.25, 0.3) is 0 Å². The Hall–Kier alpha value is -2.24. The number of carbonyl (C=O) groups is 2. The van der Waals surface area contributed by atoms with Gasteiger partial charge in [0, 0.05) is 31.9 Å². The SMILES string of the molecule is CCN(CCC(=O)O)C(=O)N(C)c1cccc(O)c1. The van der Waals surface area contributed by atoms with Crippen molar-refractivity contribution in [3.63, 3.8) is 0 Å². The van der Waals surface area contributed by atoms with Gasteiger partial charge in [-0.05, 0) is 19.1 Å². The van der Waals surface area contributed by atoms with Gasteiger partial charge in [-0.1, -0.05) is 6.07 Å². The van der Waals surface area contributed by atoms with Gasteiger partial charge in [-0.3, -0.25) is 9.69 Å². The highest BCUT2D eigenvalue weighted by atomic mass is 16.4. The lowest BCUT2D eigenvalue weighted by Crippen LogP contribution is -2.42. The smallest absolute Gasteiger partial charge is 0.324 e. The third kappa shape index (κ3) is 4.17. The molecule has 6 nitrogen and oxygen atoms in total. The van der Waals surface area contributed by atoms with Gasteiger partial charge in [0.15, 0.2) is 0 Å². The highest BCUT2D eigenvalue weighted by Crippen LogP contribution is 2.19. The first kappa shape index (κ1) is 14.8. The van der Waals surface area contributed by atoms with Crippen LogP contribution in [-0.2, 0) is 4.79 Å². The first-order valence-corrected chi connectivity index (χ1v) is 5.99. The monoisotopic (exact) mass is 266 g/mol. The van der Waals surface area contributed by atoms with Crippen molar-refractivity contribution in [2.45, 2.75) is 13.3 Å². The topological polar surface area (TPSA) is 81.1 Å². The number of anilines is 1. The number of carboxylic acids is 1. The van der Waals surface area contributed by atoms with E-state index >= 15 is 0 Å². The van der Waals surface area contributed by atoms with Crippen LogP contribution >= 0.6 is 0 Å². The van der Waals surface area contributed by atoms with E-state index < -0.39 is 5.97 Å². The summed E-state index contributed by atoms with van der Waals surface area (Å²) in [6, 6.07) is 6.03. The van der Waals surface area contributed by atoms with E-state index in [0.717, 1.165) is 0 Å². The van der Waals surface area contributed by atoms with E-state index in [9.17, 15) is 14.7 Å². The summed E-state index contributed by atoms with van der Waals surface area (Å²) in [4.78, 5) is 25.5. The van der Waals surface area contributed by atoms with Crippen molar-refractivity contribution >= 4 is 17.7 Å². The molecule has 0 radical (unpaired) electrons. The summed E-state index contributed by atoms with van der Waals surface area (Å²) in [7, 11) is 1.58. The van der Waals surface area contributed by atoms with E-state index in [4.69, 9.17) is 5.11 Å². The number of phenols is 1. The predicted octanol–water partition coefficient (Wildman–Crippen LogP) is 1.74. The van der Waals surface area contributed by atoms with Crippen LogP contribution in [0.1, 0.15) is 13.3 Å². The molecule has 1 aromatic carbocycles. The molecule has 2 N–H and O–H groups in total. The number of carbonyl (C=O) groups excluding carboxylic acids is 1. The maximum absolute atomic E-state index is 12.2. The average molecular weight is 266 g/mol. The van der Waals surface area contributed by atoms with E-state index in [0.29, 0.717) is 12.2 Å². The normalized spacial score (nSPS) is 10.0. The van der Waals surface area contributed by atoms with Crippen LogP contribution < -0.4 is 4.90 Å². The van der Waals surface area contributed by atoms with Crippen LogP contribution in [-0.4, -0.2) is 47.3 Å². The van der Waals surface area contributed by atoms with Gasteiger partial charge in [0.25, 0.3) is 0 Å². The molecule has 1 aromatic rings. The summed E-state index contributed by atoms with van der Waals surface area (Å²) < 4.78 is 0. The molecular weight excluding hydrogens is 248 g/mol. The molecule has 0 aliphatic rings. The minimum absolute atomic E-state index is 0.0748. The first-order chi connectivity index (χ1) is 8.95. The van der Waals surface area contributed by atoms with Crippen molar-refractivity contribution in [1.82, 2.24) is 4.90 Å². The number of hydrogen-bond acceptors (Lipinski definition) is 3. The number of amides is 2. The fourth-order valence-corrected chi connectivity index (χ4v) is 1.64. The predicted molar refractivity (Wildman–Crippen MR) is 71.4 cm³/mol. The molecule has 2 amide bonds. The second-order valence-electron chi connectivity index (χ2n) is 4.08. The van der Waals surface area contributed by atoms with Gasteiger partial charge >= 0.3 is 12.0 Å². The molecule has 104 valence electrons. The number of benzene rings is 1. The molecular formula is C13H18N2O4. The summed E-state index contributed by atoms with van der Waals surface area (Å²) >= 11 is 0. The van der Waals surface area contributed by atoms with Crippen LogP contribution in [0.15, 0.2) is 24.3 Å². The van der Waals surface area contributed by atoms with Crippen LogP contribution in [0.2, 0.25) is 0 Å². The number of carboxylic acid groups (broad SMARTS) is 1. The Morgan fingerprint density at radius 2 is 2.00 bits per heavy atom. The second-order valence-corrected chi connectivity index (χ2v) is 4.08. The Balaban J connectivity index is 2.76. The average Bonchev–Trinajstić information content (AvgIpc) is 2.38. The molecule has 0 spiro atoms. The first-order valence-electron chi connectivity index (χ1n) is 5.99. The summed E-state index contributed by atoms with van der Waals surface area (Å²) in [5, 5.41) is 18.0. The van der Waals surface area contributed by atoms with Crippen molar-refractivity contribution in [3.05, 3.63) is 24.3 Å². The minimum Gasteiger partial charge on any atom is -0.508 e. The summed E-state index contributed by atoms with van der Waals surface area (Å²) in [5.41, 5.74) is 0.554. The molecule has 0 aromatic heterocycles. The third-order valence-electron chi connectivity index (χ3n) is 2.75. The molecule has 0 saturated heterocycles. The Bertz CT molecular complexity index is 462. The molecule has 0 saturated carbocycles. The Kier molecular flexibility index (Phi) is 5.17. The van der Waals surface area contributed by atoms with Crippen molar-refractivity contribution in [3.8, 4) is 5.75 Å². The lowest BCUT2D eigenvalue weighted by Gasteiger charge is -2.27. The van der Waals surface area contributed by atoms with Crippen molar-refractivity contribution in [2.24, 2.45) is 0 Å². The number of aliphatic carboxylic acids is 1. The number of nitrogens with zero attached hydrogens (tertiary/aromatic N) is 2. The van der Waals surface area contributed by atoms with Gasteiger partial charge in [-0.2, -0.15) is 0 Å². The number of urea groups is 1. The van der Waals surface area contributed by atoms with Gasteiger partial charge in [-0.15, -0.1) is 0 Å². The Labute approximate surface area is 111 Å². The molecule has 1 rings (SSSR count). The molecule has 0 aliphatic heterocycles. The van der Waals surface area contributed by atoms with Crippen molar-refractivity contribution < 1.29 is 19.8 Å². The van der Waals surface area contributed by atoms with E-state index in [1.54, 1.807) is 26.1 Å². The zero-order valence-electron chi connectivity index (χ0n) is 11.0. The van der Waals surface area contributed by atoms with Crippen molar-refractivity contribution in [1.29, 1.82) is 0 Å². The van der Waals surface area contributed by atoms with Crippen LogP contribution in [0, 0.1) is 0 Å². The maximum atomic E-state index is 12.2. The molecule has 0 unspecified atom stereocenters. The number of phenolic OH excluding ortho intramolecular Hbond substituents is 1. The lowest BCUT2D eigenvalue weighted by molar-refractivity contribution is -0.137. The Morgan fingerprint density at radius 1 is 1.32 bits per heavy atom.